The van der Waals surface area contributed by atoms with Gasteiger partial charge in [-0.2, -0.15) is 0 Å². The minimum atomic E-state index is -1.87. The van der Waals surface area contributed by atoms with Gasteiger partial charge in [0.25, 0.3) is 0 Å². The van der Waals surface area contributed by atoms with Gasteiger partial charge in [-0.05, 0) is 0 Å². The first-order valence-electron chi connectivity index (χ1n) is 9.51. The van der Waals surface area contributed by atoms with Crippen molar-refractivity contribution in [3.8, 4) is 0 Å². The quantitative estimate of drug-likeness (QED) is 0.487. The van der Waals surface area contributed by atoms with Gasteiger partial charge in [-0.3, -0.25) is 0 Å². The zero-order chi connectivity index (χ0) is 18.2. The summed E-state index contributed by atoms with van der Waals surface area (Å²) in [4.78, 5) is 0. The van der Waals surface area contributed by atoms with Gasteiger partial charge in [0, 0.05) is 0 Å². The molecule has 0 bridgehead atoms. The molecule has 0 atom stereocenters. The van der Waals surface area contributed by atoms with E-state index in [2.05, 4.69) is 82.6 Å². The average molecular weight is 463 g/mol. The first-order chi connectivity index (χ1) is 10.3. The van der Waals surface area contributed by atoms with E-state index in [0.29, 0.717) is 0 Å². The van der Waals surface area contributed by atoms with Crippen molar-refractivity contribution in [3.05, 3.63) is 0 Å². The Hall–Kier alpha value is 1.11. The molecule has 1 radical (unpaired) electrons. The van der Waals surface area contributed by atoms with Crippen LogP contribution in [0.25, 0.3) is 0 Å². The van der Waals surface area contributed by atoms with Gasteiger partial charge in [0.05, 0.1) is 0 Å². The number of nitrogens with zero attached hydrogens (tertiary/aromatic N) is 3. The summed E-state index contributed by atoms with van der Waals surface area (Å²) in [6, 6.07) is 0. The molecule has 1 aliphatic heterocycles. The van der Waals surface area contributed by atoms with E-state index in [0.717, 1.165) is 18.0 Å². The molecule has 0 saturated carbocycles. The van der Waals surface area contributed by atoms with Crippen LogP contribution in [-0.4, -0.2) is 65.0 Å². The standard InChI is InChI=1S/C11H24N2.C6H18NSi2.Sn/c1-6-11(12-7-9(2)3)13-8-10(4)5;1-8(2,3)7-9(4,5)6;/h9-11H,6-8H2,1-5H3;1-6H3;/q-2;-1;+3. The van der Waals surface area contributed by atoms with Crippen LogP contribution in [-0.2, 0) is 0 Å². The number of hydrogen-bond donors (Lipinski definition) is 0. The van der Waals surface area contributed by atoms with Crippen LogP contribution in [0.15, 0.2) is 0 Å². The van der Waals surface area contributed by atoms with Crippen molar-refractivity contribution in [2.75, 3.05) is 13.1 Å². The molecule has 23 heavy (non-hydrogen) atoms. The van der Waals surface area contributed by atoms with E-state index in [9.17, 15) is 0 Å². The van der Waals surface area contributed by atoms with E-state index in [1.54, 1.807) is 0 Å². The third kappa shape index (κ3) is 5.54. The van der Waals surface area contributed by atoms with Crippen LogP contribution in [0.1, 0.15) is 41.0 Å². The predicted molar refractivity (Wildman–Crippen MR) is 111 cm³/mol. The van der Waals surface area contributed by atoms with Crippen molar-refractivity contribution >= 4 is 37.1 Å². The molecular formula is C17H42N3Si2Sn. The summed E-state index contributed by atoms with van der Waals surface area (Å²) in [5.74, 6) is 1.57. The molecule has 3 nitrogen and oxygen atoms in total. The summed E-state index contributed by atoms with van der Waals surface area (Å²) in [7, 11) is -2.57. The van der Waals surface area contributed by atoms with Gasteiger partial charge in [-0.25, -0.2) is 0 Å². The Morgan fingerprint density at radius 2 is 1.17 bits per heavy atom. The van der Waals surface area contributed by atoms with Gasteiger partial charge in [0.2, 0.25) is 0 Å². The molecule has 0 amide bonds. The molecule has 0 unspecified atom stereocenters. The second-order valence-corrected chi connectivity index (χ2v) is 28.8. The molecule has 1 fully saturated rings. The minimum absolute atomic E-state index is 0.726. The Kier molecular flexibility index (Phi) is 7.90. The normalized spacial score (nSPS) is 20.1. The number of hydrogen-bond acceptors (Lipinski definition) is 3. The van der Waals surface area contributed by atoms with Gasteiger partial charge in [-0.1, -0.05) is 0 Å². The molecule has 1 saturated heterocycles. The summed E-state index contributed by atoms with van der Waals surface area (Å²) < 4.78 is 9.21. The fourth-order valence-electron chi connectivity index (χ4n) is 4.04. The van der Waals surface area contributed by atoms with Crippen LogP contribution in [0.4, 0.5) is 0 Å². The number of rotatable bonds is 8. The van der Waals surface area contributed by atoms with Crippen LogP contribution in [0.3, 0.4) is 0 Å². The fraction of sp³-hybridized carbons (Fsp3) is 1.00. The first-order valence-corrected chi connectivity index (χ1v) is 20.2. The third-order valence-electron chi connectivity index (χ3n) is 4.26. The Morgan fingerprint density at radius 3 is 1.39 bits per heavy atom. The zero-order valence-corrected chi connectivity index (χ0v) is 22.5. The Balaban J connectivity index is 3.20. The maximum atomic E-state index is 3.19. The van der Waals surface area contributed by atoms with E-state index >= 15 is 0 Å². The SMILES string of the molecule is CCC1[N](CC(C)C)[Sn]([N]([Si](C)(C)C)[Si](C)(C)C)[N]1CC(C)C. The monoisotopic (exact) mass is 464 g/mol. The molecule has 1 heterocycles. The Bertz CT molecular complexity index is 345. The molecule has 0 N–H and O–H groups in total. The fourth-order valence-corrected chi connectivity index (χ4v) is 35.3. The van der Waals surface area contributed by atoms with Gasteiger partial charge in [0.1, 0.15) is 0 Å². The molecule has 1 rings (SSSR count). The van der Waals surface area contributed by atoms with Crippen molar-refractivity contribution < 1.29 is 0 Å². The summed E-state index contributed by atoms with van der Waals surface area (Å²) in [5.41, 5.74) is 0. The summed E-state index contributed by atoms with van der Waals surface area (Å²) in [6.07, 6.45) is 2.01. The van der Waals surface area contributed by atoms with Crippen molar-refractivity contribution in [2.45, 2.75) is 86.5 Å². The summed E-state index contributed by atoms with van der Waals surface area (Å²) in [5, 5.41) is 0. The first kappa shape index (κ1) is 22.2. The Morgan fingerprint density at radius 1 is 0.826 bits per heavy atom. The molecule has 0 aromatic carbocycles. The van der Waals surface area contributed by atoms with Crippen LogP contribution in [0.5, 0.6) is 0 Å². The molecule has 0 spiro atoms. The van der Waals surface area contributed by atoms with Gasteiger partial charge in [0.15, 0.2) is 0 Å². The van der Waals surface area contributed by atoms with Gasteiger partial charge < -0.3 is 0 Å². The van der Waals surface area contributed by atoms with E-state index in [-0.39, 0.29) is 0 Å². The molecule has 137 valence electrons. The van der Waals surface area contributed by atoms with E-state index in [1.165, 1.54) is 19.5 Å². The molecule has 0 aromatic heterocycles. The van der Waals surface area contributed by atoms with Gasteiger partial charge >= 0.3 is 157 Å². The second kappa shape index (κ2) is 8.21. The van der Waals surface area contributed by atoms with E-state index in [4.69, 9.17) is 0 Å². The van der Waals surface area contributed by atoms with Gasteiger partial charge in [-0.15, -0.1) is 0 Å². The van der Waals surface area contributed by atoms with E-state index < -0.39 is 37.1 Å². The van der Waals surface area contributed by atoms with Crippen molar-refractivity contribution in [1.82, 2.24) is 8.70 Å². The maximum absolute atomic E-state index is 3.19. The van der Waals surface area contributed by atoms with Crippen LogP contribution >= 0.6 is 0 Å². The third-order valence-corrected chi connectivity index (χ3v) is 32.0. The van der Waals surface area contributed by atoms with Crippen molar-refractivity contribution in [2.24, 2.45) is 11.8 Å². The van der Waals surface area contributed by atoms with Crippen LogP contribution < -0.4 is 0 Å². The molecule has 0 aliphatic carbocycles. The molecular weight excluding hydrogens is 421 g/mol. The Labute approximate surface area is 156 Å². The zero-order valence-electron chi connectivity index (χ0n) is 17.7. The van der Waals surface area contributed by atoms with Crippen molar-refractivity contribution in [3.63, 3.8) is 0 Å². The predicted octanol–water partition coefficient (Wildman–Crippen LogP) is 4.61. The van der Waals surface area contributed by atoms with E-state index in [1.807, 2.05) is 0 Å². The molecule has 6 heteroatoms. The molecule has 1 aliphatic rings. The average Bonchev–Trinajstić information content (AvgIpc) is 2.30. The summed E-state index contributed by atoms with van der Waals surface area (Å²) >= 11 is -1.87. The van der Waals surface area contributed by atoms with Crippen molar-refractivity contribution in [1.29, 1.82) is 0 Å². The van der Waals surface area contributed by atoms with Crippen LogP contribution in [0, 0.1) is 11.8 Å². The second-order valence-electron chi connectivity index (χ2n) is 9.96. The topological polar surface area (TPSA) is 9.72 Å². The molecule has 0 aromatic rings. The van der Waals surface area contributed by atoms with Crippen LogP contribution in [0.2, 0.25) is 39.3 Å². The summed E-state index contributed by atoms with van der Waals surface area (Å²) in [6.45, 7) is 30.1.